The monoisotopic (exact) mass is 470 g/mol. The van der Waals surface area contributed by atoms with Crippen LogP contribution in [0, 0.1) is 15.2 Å². The minimum atomic E-state index is -0.789. The zero-order valence-corrected chi connectivity index (χ0v) is 15.6. The molecule has 26 heavy (non-hydrogen) atoms. The number of amidine groups is 1. The average Bonchev–Trinajstić information content (AvgIpc) is 2.62. The molecule has 1 heterocycles. The molecule has 3 rings (SSSR count). The van der Waals surface area contributed by atoms with Gasteiger partial charge >= 0.3 is 0 Å². The average molecular weight is 470 g/mol. The van der Waals surface area contributed by atoms with Crippen LogP contribution in [0.2, 0.25) is 0 Å². The molecule has 9 heteroatoms. The van der Waals surface area contributed by atoms with Crippen molar-refractivity contribution in [2.75, 3.05) is 10.3 Å². The van der Waals surface area contributed by atoms with Crippen molar-refractivity contribution in [1.82, 2.24) is 5.43 Å². The highest BCUT2D eigenvalue weighted by atomic mass is 127. The number of benzene rings is 2. The van der Waals surface area contributed by atoms with E-state index < -0.39 is 23.6 Å². The number of carbonyl (C=O) groups excluding carboxylic acids is 2. The van der Waals surface area contributed by atoms with Gasteiger partial charge in [-0.2, -0.15) is 0 Å². The molecule has 1 aliphatic rings. The van der Waals surface area contributed by atoms with Crippen LogP contribution in [0.4, 0.5) is 20.2 Å². The summed E-state index contributed by atoms with van der Waals surface area (Å²) in [5.74, 6) is -2.76. The maximum Gasteiger partial charge on any atom is 0.292 e. The SMILES string of the molecule is CC1N=C(C(=O)Nc2cc(F)c(I)c(F)c2)NN(c2ccccc2)C1=O. The molecule has 134 valence electrons. The Balaban J connectivity index is 1.83. The number of aliphatic imine (C=N–C) groups is 1. The maximum absolute atomic E-state index is 13.6. The molecule has 2 amide bonds. The quantitative estimate of drug-likeness (QED) is 0.536. The van der Waals surface area contributed by atoms with Gasteiger partial charge in [-0.15, -0.1) is 0 Å². The molecule has 0 fully saturated rings. The number of carbonyl (C=O) groups is 2. The molecule has 0 spiro atoms. The summed E-state index contributed by atoms with van der Waals surface area (Å²) in [6, 6.07) is 9.91. The second-order valence-electron chi connectivity index (χ2n) is 5.48. The predicted octanol–water partition coefficient (Wildman–Crippen LogP) is 2.85. The number of hydrogen-bond acceptors (Lipinski definition) is 4. The fourth-order valence-corrected chi connectivity index (χ4v) is 2.63. The molecule has 0 saturated carbocycles. The topological polar surface area (TPSA) is 73.8 Å². The van der Waals surface area contributed by atoms with Gasteiger partial charge in [-0.1, -0.05) is 18.2 Å². The van der Waals surface area contributed by atoms with Crippen LogP contribution >= 0.6 is 22.6 Å². The molecule has 0 bridgehead atoms. The van der Waals surface area contributed by atoms with Crippen molar-refractivity contribution in [2.45, 2.75) is 13.0 Å². The predicted molar refractivity (Wildman–Crippen MR) is 102 cm³/mol. The van der Waals surface area contributed by atoms with Gasteiger partial charge in [-0.05, 0) is 53.8 Å². The van der Waals surface area contributed by atoms with Crippen molar-refractivity contribution in [3.05, 3.63) is 57.7 Å². The Bertz CT molecular complexity index is 882. The Hall–Kier alpha value is -2.56. The fraction of sp³-hybridized carbons (Fsp3) is 0.118. The number of hydrogen-bond donors (Lipinski definition) is 2. The first-order valence-corrected chi connectivity index (χ1v) is 8.64. The Morgan fingerprint density at radius 2 is 1.85 bits per heavy atom. The molecule has 1 atom stereocenters. The highest BCUT2D eigenvalue weighted by Gasteiger charge is 2.30. The molecule has 2 aromatic rings. The number of rotatable bonds is 3. The molecule has 2 N–H and O–H groups in total. The summed E-state index contributed by atoms with van der Waals surface area (Å²) in [7, 11) is 0. The molecular formula is C17H13F2IN4O2. The number of nitrogens with zero attached hydrogens (tertiary/aromatic N) is 2. The van der Waals surface area contributed by atoms with Crippen LogP contribution in [-0.2, 0) is 9.59 Å². The van der Waals surface area contributed by atoms with E-state index in [0.29, 0.717) is 5.69 Å². The smallest absolute Gasteiger partial charge is 0.292 e. The summed E-state index contributed by atoms with van der Waals surface area (Å²) in [6.45, 7) is 1.55. The number of hydrazine groups is 1. The number of anilines is 2. The largest absolute Gasteiger partial charge is 0.319 e. The molecule has 6 nitrogen and oxygen atoms in total. The van der Waals surface area contributed by atoms with Gasteiger partial charge in [-0.3, -0.25) is 15.0 Å². The lowest BCUT2D eigenvalue weighted by Gasteiger charge is -2.30. The summed E-state index contributed by atoms with van der Waals surface area (Å²) < 4.78 is 27.1. The van der Waals surface area contributed by atoms with E-state index >= 15 is 0 Å². The Morgan fingerprint density at radius 3 is 2.46 bits per heavy atom. The van der Waals surface area contributed by atoms with E-state index in [0.717, 1.165) is 12.1 Å². The third kappa shape index (κ3) is 3.66. The lowest BCUT2D eigenvalue weighted by Crippen LogP contribution is -2.57. The van der Waals surface area contributed by atoms with Crippen molar-refractivity contribution in [3.8, 4) is 0 Å². The van der Waals surface area contributed by atoms with Gasteiger partial charge in [0.15, 0.2) is 0 Å². The number of nitrogens with one attached hydrogen (secondary N) is 2. The van der Waals surface area contributed by atoms with Crippen LogP contribution in [-0.4, -0.2) is 23.7 Å². The summed E-state index contributed by atoms with van der Waals surface area (Å²) in [5.41, 5.74) is 3.13. The second kappa shape index (κ2) is 7.36. The van der Waals surface area contributed by atoms with Crippen molar-refractivity contribution in [3.63, 3.8) is 0 Å². The van der Waals surface area contributed by atoms with E-state index in [1.54, 1.807) is 37.3 Å². The van der Waals surface area contributed by atoms with Gasteiger partial charge in [0.2, 0.25) is 5.84 Å². The normalized spacial score (nSPS) is 16.8. The minimum absolute atomic E-state index is 0.0502. The van der Waals surface area contributed by atoms with E-state index in [-0.39, 0.29) is 21.0 Å². The van der Waals surface area contributed by atoms with E-state index in [1.165, 1.54) is 27.6 Å². The molecule has 1 unspecified atom stereocenters. The summed E-state index contributed by atoms with van der Waals surface area (Å²) in [6.07, 6.45) is 0. The Kier molecular flexibility index (Phi) is 5.16. The number of amides is 2. The van der Waals surface area contributed by atoms with E-state index in [1.807, 2.05) is 0 Å². The van der Waals surface area contributed by atoms with Gasteiger partial charge in [0.1, 0.15) is 17.7 Å². The highest BCUT2D eigenvalue weighted by Crippen LogP contribution is 2.21. The molecule has 0 saturated heterocycles. The minimum Gasteiger partial charge on any atom is -0.319 e. The zero-order chi connectivity index (χ0) is 18.8. The first-order valence-electron chi connectivity index (χ1n) is 7.56. The number of para-hydroxylation sites is 1. The van der Waals surface area contributed by atoms with Crippen LogP contribution < -0.4 is 15.8 Å². The van der Waals surface area contributed by atoms with Crippen molar-refractivity contribution < 1.29 is 18.4 Å². The Labute approximate surface area is 161 Å². The molecule has 0 aromatic heterocycles. The zero-order valence-electron chi connectivity index (χ0n) is 13.5. The standard InChI is InChI=1S/C17H13F2IN4O2/c1-9-17(26)24(11-5-3-2-4-6-11)23-15(21-9)16(25)22-10-7-12(18)14(20)13(19)8-10/h2-9H,1H3,(H,21,23)(H,22,25). The lowest BCUT2D eigenvalue weighted by atomic mass is 10.2. The van der Waals surface area contributed by atoms with E-state index in [2.05, 4.69) is 15.7 Å². The highest BCUT2D eigenvalue weighted by molar-refractivity contribution is 14.1. The summed E-state index contributed by atoms with van der Waals surface area (Å²) in [5, 5.41) is 3.58. The first kappa shape index (κ1) is 18.2. The van der Waals surface area contributed by atoms with Gasteiger partial charge in [0.05, 0.1) is 9.26 Å². The van der Waals surface area contributed by atoms with Gasteiger partial charge < -0.3 is 5.32 Å². The van der Waals surface area contributed by atoms with Crippen molar-refractivity contribution >= 4 is 51.6 Å². The molecule has 2 aromatic carbocycles. The third-order valence-corrected chi connectivity index (χ3v) is 4.62. The van der Waals surface area contributed by atoms with Gasteiger partial charge in [-0.25, -0.2) is 18.8 Å². The molecular weight excluding hydrogens is 457 g/mol. The summed E-state index contributed by atoms with van der Waals surface area (Å²) in [4.78, 5) is 28.7. The molecule has 0 aliphatic carbocycles. The van der Waals surface area contributed by atoms with E-state index in [9.17, 15) is 18.4 Å². The van der Waals surface area contributed by atoms with Crippen LogP contribution in [0.3, 0.4) is 0 Å². The molecule has 1 aliphatic heterocycles. The first-order chi connectivity index (χ1) is 12.4. The maximum atomic E-state index is 13.6. The van der Waals surface area contributed by atoms with E-state index in [4.69, 9.17) is 0 Å². The third-order valence-electron chi connectivity index (χ3n) is 3.59. The van der Waals surface area contributed by atoms with Gasteiger partial charge in [0, 0.05) is 5.69 Å². The van der Waals surface area contributed by atoms with Gasteiger partial charge in [0.25, 0.3) is 11.8 Å². The lowest BCUT2D eigenvalue weighted by molar-refractivity contribution is -0.120. The van der Waals surface area contributed by atoms with Crippen LogP contribution in [0.5, 0.6) is 0 Å². The van der Waals surface area contributed by atoms with Crippen molar-refractivity contribution in [2.24, 2.45) is 4.99 Å². The summed E-state index contributed by atoms with van der Waals surface area (Å²) >= 11 is 1.53. The van der Waals surface area contributed by atoms with Crippen LogP contribution in [0.15, 0.2) is 47.5 Å². The number of halogens is 3. The van der Waals surface area contributed by atoms with Crippen molar-refractivity contribution in [1.29, 1.82) is 0 Å². The van der Waals surface area contributed by atoms with Crippen LogP contribution in [0.1, 0.15) is 6.92 Å². The molecule has 0 radical (unpaired) electrons. The fourth-order valence-electron chi connectivity index (χ4n) is 2.32. The Morgan fingerprint density at radius 1 is 1.23 bits per heavy atom. The second-order valence-corrected chi connectivity index (χ2v) is 6.56. The van der Waals surface area contributed by atoms with Crippen LogP contribution in [0.25, 0.3) is 0 Å².